The first-order valence-electron chi connectivity index (χ1n) is 11.2. The van der Waals surface area contributed by atoms with Crippen LogP contribution in [0.4, 0.5) is 5.69 Å². The average molecular weight is 492 g/mol. The van der Waals surface area contributed by atoms with E-state index in [9.17, 15) is 9.59 Å². The fourth-order valence-corrected chi connectivity index (χ4v) is 4.60. The predicted octanol–water partition coefficient (Wildman–Crippen LogP) is 6.59. The molecule has 0 radical (unpaired) electrons. The fraction of sp³-hybridized carbons (Fsp3) is 0.222. The summed E-state index contributed by atoms with van der Waals surface area (Å²) in [5.74, 6) is 0.417. The number of nitrogens with one attached hydrogen (secondary N) is 1. The number of hydrogen-bond donors (Lipinski definition) is 1. The zero-order chi connectivity index (χ0) is 24.2. The van der Waals surface area contributed by atoms with E-state index in [4.69, 9.17) is 11.6 Å². The lowest BCUT2D eigenvalue weighted by molar-refractivity contribution is -0.113. The lowest BCUT2D eigenvalue weighted by atomic mass is 9.99. The van der Waals surface area contributed by atoms with Crippen LogP contribution in [0.15, 0.2) is 76.7 Å². The molecule has 0 saturated heterocycles. The van der Waals surface area contributed by atoms with Gasteiger partial charge < -0.3 is 5.32 Å². The third-order valence-electron chi connectivity index (χ3n) is 5.87. The number of hydrogen-bond acceptors (Lipinski definition) is 4. The Balaban J connectivity index is 1.60. The molecule has 0 fully saturated rings. The first kappa shape index (κ1) is 24.0. The number of benzene rings is 3. The Morgan fingerprint density at radius 3 is 2.56 bits per heavy atom. The Hall–Kier alpha value is -3.09. The van der Waals surface area contributed by atoms with Gasteiger partial charge >= 0.3 is 0 Å². The van der Waals surface area contributed by atoms with Crippen LogP contribution in [0.1, 0.15) is 37.3 Å². The van der Waals surface area contributed by atoms with E-state index in [0.717, 1.165) is 17.7 Å². The molecule has 174 valence electrons. The molecule has 1 unspecified atom stereocenters. The summed E-state index contributed by atoms with van der Waals surface area (Å²) in [4.78, 5) is 30.7. The molecular formula is C27H26ClN3O2S. The van der Waals surface area contributed by atoms with E-state index in [-0.39, 0.29) is 17.2 Å². The number of para-hydroxylation sites is 1. The van der Waals surface area contributed by atoms with E-state index in [2.05, 4.69) is 24.1 Å². The van der Waals surface area contributed by atoms with Gasteiger partial charge in [0.1, 0.15) is 0 Å². The van der Waals surface area contributed by atoms with Crippen LogP contribution >= 0.6 is 23.4 Å². The van der Waals surface area contributed by atoms with Crippen molar-refractivity contribution in [1.29, 1.82) is 0 Å². The topological polar surface area (TPSA) is 64.0 Å². The van der Waals surface area contributed by atoms with E-state index < -0.39 is 0 Å². The van der Waals surface area contributed by atoms with Gasteiger partial charge in [-0.1, -0.05) is 67.5 Å². The number of aryl methyl sites for hydroxylation is 1. The van der Waals surface area contributed by atoms with Crippen LogP contribution in [0, 0.1) is 6.92 Å². The summed E-state index contributed by atoms with van der Waals surface area (Å²) in [5.41, 5.74) is 3.91. The molecule has 0 bridgehead atoms. The summed E-state index contributed by atoms with van der Waals surface area (Å²) in [5, 5.41) is 4.43. The zero-order valence-corrected chi connectivity index (χ0v) is 20.9. The largest absolute Gasteiger partial charge is 0.325 e. The highest BCUT2D eigenvalue weighted by atomic mass is 35.5. The number of amides is 1. The molecule has 0 aliphatic carbocycles. The van der Waals surface area contributed by atoms with Crippen LogP contribution in [0.2, 0.25) is 5.02 Å². The quantitative estimate of drug-likeness (QED) is 0.234. The molecular weight excluding hydrogens is 466 g/mol. The van der Waals surface area contributed by atoms with Crippen LogP contribution in [-0.2, 0) is 4.79 Å². The number of aromatic nitrogens is 2. The van der Waals surface area contributed by atoms with E-state index in [1.807, 2.05) is 55.5 Å². The number of thioether (sulfide) groups is 1. The number of fused-ring (bicyclic) bond motifs is 1. The molecule has 0 spiro atoms. The highest BCUT2D eigenvalue weighted by Gasteiger charge is 2.16. The molecule has 0 saturated carbocycles. The number of carbonyl (C=O) groups excluding carboxylic acids is 1. The molecule has 7 heteroatoms. The van der Waals surface area contributed by atoms with Crippen molar-refractivity contribution in [1.82, 2.24) is 9.55 Å². The molecule has 5 nitrogen and oxygen atoms in total. The van der Waals surface area contributed by atoms with Gasteiger partial charge in [-0.15, -0.1) is 0 Å². The monoisotopic (exact) mass is 491 g/mol. The summed E-state index contributed by atoms with van der Waals surface area (Å²) in [6, 6.07) is 20.6. The van der Waals surface area contributed by atoms with E-state index in [0.29, 0.717) is 32.7 Å². The Kier molecular flexibility index (Phi) is 7.39. The highest BCUT2D eigenvalue weighted by molar-refractivity contribution is 7.99. The summed E-state index contributed by atoms with van der Waals surface area (Å²) < 4.78 is 1.52. The summed E-state index contributed by atoms with van der Waals surface area (Å²) >= 11 is 7.55. The molecule has 1 N–H and O–H groups in total. The maximum absolute atomic E-state index is 13.4. The fourth-order valence-electron chi connectivity index (χ4n) is 3.62. The smallest absolute Gasteiger partial charge is 0.266 e. The third kappa shape index (κ3) is 5.18. The van der Waals surface area contributed by atoms with Gasteiger partial charge in [-0.25, -0.2) is 4.98 Å². The Morgan fingerprint density at radius 2 is 1.85 bits per heavy atom. The first-order chi connectivity index (χ1) is 16.4. The van der Waals surface area contributed by atoms with Crippen LogP contribution in [-0.4, -0.2) is 21.2 Å². The second-order valence-electron chi connectivity index (χ2n) is 8.25. The molecule has 4 rings (SSSR count). The third-order valence-corrected chi connectivity index (χ3v) is 7.21. The van der Waals surface area contributed by atoms with Gasteiger partial charge in [0.05, 0.1) is 22.3 Å². The average Bonchev–Trinajstić information content (AvgIpc) is 2.84. The van der Waals surface area contributed by atoms with E-state index >= 15 is 0 Å². The van der Waals surface area contributed by atoms with Gasteiger partial charge in [0.15, 0.2) is 5.16 Å². The summed E-state index contributed by atoms with van der Waals surface area (Å²) in [6.07, 6.45) is 1.06. The van der Waals surface area contributed by atoms with Crippen molar-refractivity contribution in [2.24, 2.45) is 0 Å². The van der Waals surface area contributed by atoms with Crippen molar-refractivity contribution in [2.45, 2.75) is 38.3 Å². The van der Waals surface area contributed by atoms with E-state index in [1.165, 1.54) is 21.9 Å². The normalized spacial score (nSPS) is 12.0. The summed E-state index contributed by atoms with van der Waals surface area (Å²) in [6.45, 7) is 6.24. The van der Waals surface area contributed by atoms with Crippen molar-refractivity contribution >= 4 is 45.9 Å². The predicted molar refractivity (Wildman–Crippen MR) is 142 cm³/mol. The molecule has 1 aromatic heterocycles. The van der Waals surface area contributed by atoms with Gasteiger partial charge in [-0.05, 0) is 66.8 Å². The van der Waals surface area contributed by atoms with Crippen LogP contribution in [0.5, 0.6) is 0 Å². The standard InChI is InChI=1S/C27H26ClN3O2S/c1-4-17(2)19-10-12-20(13-11-19)29-25(32)16-34-27-30-24-8-6-5-7-22(24)26(33)31(27)21-14-9-18(3)23(28)15-21/h5-15,17H,4,16H2,1-3H3,(H,29,32). The van der Waals surface area contributed by atoms with Gasteiger partial charge in [0, 0.05) is 10.7 Å². The van der Waals surface area contributed by atoms with Crippen LogP contribution in [0.25, 0.3) is 16.6 Å². The minimum absolute atomic E-state index is 0.109. The maximum atomic E-state index is 13.4. The Bertz CT molecular complexity index is 1400. The Morgan fingerprint density at radius 1 is 1.12 bits per heavy atom. The molecule has 3 aromatic carbocycles. The Labute approximate surface area is 208 Å². The van der Waals surface area contributed by atoms with Crippen molar-refractivity contribution in [3.05, 3.63) is 93.2 Å². The van der Waals surface area contributed by atoms with Crippen LogP contribution < -0.4 is 10.9 Å². The van der Waals surface area contributed by atoms with Gasteiger partial charge in [0.2, 0.25) is 5.91 Å². The minimum Gasteiger partial charge on any atom is -0.325 e. The number of carbonyl (C=O) groups is 1. The lowest BCUT2D eigenvalue weighted by Gasteiger charge is -2.14. The van der Waals surface area contributed by atoms with Crippen molar-refractivity contribution < 1.29 is 4.79 Å². The summed E-state index contributed by atoms with van der Waals surface area (Å²) in [7, 11) is 0. The molecule has 1 atom stereocenters. The first-order valence-corrected chi connectivity index (χ1v) is 12.5. The van der Waals surface area contributed by atoms with Gasteiger partial charge in [-0.3, -0.25) is 14.2 Å². The number of halogens is 1. The van der Waals surface area contributed by atoms with Crippen molar-refractivity contribution in [3.63, 3.8) is 0 Å². The highest BCUT2D eigenvalue weighted by Crippen LogP contribution is 2.25. The van der Waals surface area contributed by atoms with Crippen molar-refractivity contribution in [2.75, 3.05) is 11.1 Å². The minimum atomic E-state index is -0.200. The zero-order valence-electron chi connectivity index (χ0n) is 19.3. The van der Waals surface area contributed by atoms with Gasteiger partial charge in [-0.2, -0.15) is 0 Å². The molecule has 0 aliphatic rings. The number of nitrogens with zero attached hydrogens (tertiary/aromatic N) is 2. The SMILES string of the molecule is CCC(C)c1ccc(NC(=O)CSc2nc3ccccc3c(=O)n2-c2ccc(C)c(Cl)c2)cc1. The lowest BCUT2D eigenvalue weighted by Crippen LogP contribution is -2.23. The molecule has 1 heterocycles. The molecule has 34 heavy (non-hydrogen) atoms. The van der Waals surface area contributed by atoms with Crippen molar-refractivity contribution in [3.8, 4) is 5.69 Å². The molecule has 1 amide bonds. The van der Waals surface area contributed by atoms with Gasteiger partial charge in [0.25, 0.3) is 5.56 Å². The number of anilines is 1. The molecule has 4 aromatic rings. The maximum Gasteiger partial charge on any atom is 0.266 e. The molecule has 0 aliphatic heterocycles. The van der Waals surface area contributed by atoms with E-state index in [1.54, 1.807) is 18.2 Å². The second kappa shape index (κ2) is 10.5. The van der Waals surface area contributed by atoms with Crippen LogP contribution in [0.3, 0.4) is 0 Å². The second-order valence-corrected chi connectivity index (χ2v) is 9.60. The number of rotatable bonds is 7.